The van der Waals surface area contributed by atoms with Gasteiger partial charge in [0.25, 0.3) is 0 Å². The SMILES string of the molecule is O=C(O)Cc1ccc(-c2ccc(C(=O)O)cc2)o1. The Morgan fingerprint density at radius 1 is 1.00 bits per heavy atom. The van der Waals surface area contributed by atoms with Crippen molar-refractivity contribution in [2.45, 2.75) is 6.42 Å². The molecule has 5 nitrogen and oxygen atoms in total. The lowest BCUT2D eigenvalue weighted by molar-refractivity contribution is -0.136. The van der Waals surface area contributed by atoms with Crippen LogP contribution in [0.5, 0.6) is 0 Å². The molecule has 0 bridgehead atoms. The van der Waals surface area contributed by atoms with Crippen molar-refractivity contribution in [2.24, 2.45) is 0 Å². The maximum absolute atomic E-state index is 10.7. The highest BCUT2D eigenvalue weighted by molar-refractivity contribution is 5.88. The molecule has 0 amide bonds. The van der Waals surface area contributed by atoms with E-state index in [4.69, 9.17) is 14.6 Å². The Kier molecular flexibility index (Phi) is 3.14. The molecular formula is C13H10O5. The first kappa shape index (κ1) is 11.9. The number of benzene rings is 1. The molecule has 0 fully saturated rings. The van der Waals surface area contributed by atoms with Gasteiger partial charge in [0.05, 0.1) is 5.56 Å². The van der Waals surface area contributed by atoms with Crippen molar-refractivity contribution < 1.29 is 24.2 Å². The molecule has 1 aromatic carbocycles. The number of rotatable bonds is 4. The molecule has 2 N–H and O–H groups in total. The molecule has 0 aliphatic heterocycles. The highest BCUT2D eigenvalue weighted by atomic mass is 16.4. The molecule has 0 spiro atoms. The summed E-state index contributed by atoms with van der Waals surface area (Å²) in [4.78, 5) is 21.2. The van der Waals surface area contributed by atoms with Crippen LogP contribution in [-0.2, 0) is 11.2 Å². The fourth-order valence-electron chi connectivity index (χ4n) is 1.55. The van der Waals surface area contributed by atoms with Crippen LogP contribution >= 0.6 is 0 Å². The van der Waals surface area contributed by atoms with Gasteiger partial charge in [-0.15, -0.1) is 0 Å². The number of aliphatic carboxylic acids is 1. The Balaban J connectivity index is 2.23. The first-order valence-electron chi connectivity index (χ1n) is 5.20. The van der Waals surface area contributed by atoms with Crippen molar-refractivity contribution in [3.05, 3.63) is 47.7 Å². The molecular weight excluding hydrogens is 236 g/mol. The number of aromatic carboxylic acids is 1. The van der Waals surface area contributed by atoms with Crippen LogP contribution in [-0.4, -0.2) is 22.2 Å². The average Bonchev–Trinajstić information content (AvgIpc) is 2.76. The highest BCUT2D eigenvalue weighted by Gasteiger charge is 2.09. The van der Waals surface area contributed by atoms with Crippen LogP contribution < -0.4 is 0 Å². The zero-order chi connectivity index (χ0) is 13.1. The van der Waals surface area contributed by atoms with Crippen LogP contribution in [0.1, 0.15) is 16.1 Å². The summed E-state index contributed by atoms with van der Waals surface area (Å²) in [5.74, 6) is -1.08. The molecule has 18 heavy (non-hydrogen) atoms. The molecule has 1 heterocycles. The van der Waals surface area contributed by atoms with Crippen molar-refractivity contribution in [2.75, 3.05) is 0 Å². The smallest absolute Gasteiger partial charge is 0.335 e. The third-order valence-electron chi connectivity index (χ3n) is 2.40. The molecule has 0 aliphatic carbocycles. The zero-order valence-corrected chi connectivity index (χ0v) is 9.29. The lowest BCUT2D eigenvalue weighted by Gasteiger charge is -1.98. The first-order valence-corrected chi connectivity index (χ1v) is 5.20. The largest absolute Gasteiger partial charge is 0.481 e. The average molecular weight is 246 g/mol. The zero-order valence-electron chi connectivity index (χ0n) is 9.29. The second-order valence-electron chi connectivity index (χ2n) is 3.72. The van der Waals surface area contributed by atoms with Crippen LogP contribution in [0, 0.1) is 0 Å². The highest BCUT2D eigenvalue weighted by Crippen LogP contribution is 2.22. The summed E-state index contributed by atoms with van der Waals surface area (Å²) >= 11 is 0. The fraction of sp³-hybridized carbons (Fsp3) is 0.0769. The van der Waals surface area contributed by atoms with Gasteiger partial charge < -0.3 is 14.6 Å². The summed E-state index contributed by atoms with van der Waals surface area (Å²) < 4.78 is 5.35. The Bertz CT molecular complexity index is 580. The fourth-order valence-corrected chi connectivity index (χ4v) is 1.55. The minimum Gasteiger partial charge on any atom is -0.481 e. The van der Waals surface area contributed by atoms with E-state index in [0.29, 0.717) is 17.1 Å². The molecule has 0 atom stereocenters. The maximum Gasteiger partial charge on any atom is 0.335 e. The molecule has 0 saturated carbocycles. The third-order valence-corrected chi connectivity index (χ3v) is 2.40. The van der Waals surface area contributed by atoms with E-state index in [0.717, 1.165) is 0 Å². The van der Waals surface area contributed by atoms with Crippen LogP contribution in [0.25, 0.3) is 11.3 Å². The monoisotopic (exact) mass is 246 g/mol. The topological polar surface area (TPSA) is 87.7 Å². The Morgan fingerprint density at radius 3 is 2.22 bits per heavy atom. The molecule has 0 unspecified atom stereocenters. The van der Waals surface area contributed by atoms with Gasteiger partial charge in [-0.1, -0.05) is 12.1 Å². The minimum atomic E-state index is -0.993. The molecule has 92 valence electrons. The normalized spacial score (nSPS) is 10.2. The molecule has 0 radical (unpaired) electrons. The molecule has 5 heteroatoms. The summed E-state index contributed by atoms with van der Waals surface area (Å²) in [6.07, 6.45) is -0.173. The summed E-state index contributed by atoms with van der Waals surface area (Å²) in [6, 6.07) is 9.43. The second kappa shape index (κ2) is 4.75. The second-order valence-corrected chi connectivity index (χ2v) is 3.72. The number of carbonyl (C=O) groups is 2. The number of furan rings is 1. The van der Waals surface area contributed by atoms with E-state index < -0.39 is 11.9 Å². The van der Waals surface area contributed by atoms with E-state index in [1.165, 1.54) is 12.1 Å². The van der Waals surface area contributed by atoms with Gasteiger partial charge >= 0.3 is 11.9 Å². The van der Waals surface area contributed by atoms with Gasteiger partial charge in [-0.25, -0.2) is 4.79 Å². The number of carboxylic acids is 2. The van der Waals surface area contributed by atoms with Crippen LogP contribution in [0.15, 0.2) is 40.8 Å². The van der Waals surface area contributed by atoms with E-state index in [9.17, 15) is 9.59 Å². The van der Waals surface area contributed by atoms with Crippen LogP contribution in [0.2, 0.25) is 0 Å². The first-order chi connectivity index (χ1) is 8.56. The summed E-state index contributed by atoms with van der Waals surface area (Å²) in [6.45, 7) is 0. The predicted molar refractivity (Wildman–Crippen MR) is 62.4 cm³/mol. The van der Waals surface area contributed by atoms with Gasteiger partial charge in [0.2, 0.25) is 0 Å². The maximum atomic E-state index is 10.7. The minimum absolute atomic E-state index is 0.173. The Labute approximate surface area is 102 Å². The van der Waals surface area contributed by atoms with Gasteiger partial charge in [-0.2, -0.15) is 0 Å². The van der Waals surface area contributed by atoms with E-state index in [-0.39, 0.29) is 12.0 Å². The Hall–Kier alpha value is -2.56. The van der Waals surface area contributed by atoms with Crippen molar-refractivity contribution in [3.63, 3.8) is 0 Å². The number of carboxylic acid groups (broad SMARTS) is 2. The van der Waals surface area contributed by atoms with Crippen LogP contribution in [0.4, 0.5) is 0 Å². The molecule has 0 aliphatic rings. The van der Waals surface area contributed by atoms with Crippen molar-refractivity contribution >= 4 is 11.9 Å². The van der Waals surface area contributed by atoms with Gasteiger partial charge in [0, 0.05) is 5.56 Å². The predicted octanol–water partition coefficient (Wildman–Crippen LogP) is 2.27. The quantitative estimate of drug-likeness (QED) is 0.863. The van der Waals surface area contributed by atoms with Gasteiger partial charge in [-0.3, -0.25) is 4.79 Å². The summed E-state index contributed by atoms with van der Waals surface area (Å²) in [5.41, 5.74) is 0.896. The number of hydrogen-bond donors (Lipinski definition) is 2. The van der Waals surface area contributed by atoms with Crippen molar-refractivity contribution in [3.8, 4) is 11.3 Å². The lowest BCUT2D eigenvalue weighted by atomic mass is 10.1. The Morgan fingerprint density at radius 2 is 1.67 bits per heavy atom. The molecule has 1 aromatic heterocycles. The standard InChI is InChI=1S/C13H10O5/c14-12(15)7-10-5-6-11(18-10)8-1-3-9(4-2-8)13(16)17/h1-6H,7H2,(H,14,15)(H,16,17). The van der Waals surface area contributed by atoms with E-state index in [1.54, 1.807) is 24.3 Å². The van der Waals surface area contributed by atoms with Crippen molar-refractivity contribution in [1.82, 2.24) is 0 Å². The molecule has 2 aromatic rings. The van der Waals surface area contributed by atoms with E-state index in [2.05, 4.69) is 0 Å². The van der Waals surface area contributed by atoms with Gasteiger partial charge in [0.1, 0.15) is 17.9 Å². The van der Waals surface area contributed by atoms with Gasteiger partial charge in [0.15, 0.2) is 0 Å². The molecule has 2 rings (SSSR count). The van der Waals surface area contributed by atoms with Crippen molar-refractivity contribution in [1.29, 1.82) is 0 Å². The third kappa shape index (κ3) is 2.57. The van der Waals surface area contributed by atoms with E-state index >= 15 is 0 Å². The van der Waals surface area contributed by atoms with Gasteiger partial charge in [-0.05, 0) is 24.3 Å². The summed E-state index contributed by atoms with van der Waals surface area (Å²) in [7, 11) is 0. The number of hydrogen-bond acceptors (Lipinski definition) is 3. The molecule has 0 saturated heterocycles. The van der Waals surface area contributed by atoms with E-state index in [1.807, 2.05) is 0 Å². The summed E-state index contributed by atoms with van der Waals surface area (Å²) in [5, 5.41) is 17.4. The van der Waals surface area contributed by atoms with Crippen LogP contribution in [0.3, 0.4) is 0 Å². The lowest BCUT2D eigenvalue weighted by Crippen LogP contribution is -1.97.